The number of hydrogen-bond acceptors (Lipinski definition) is 4. The van der Waals surface area contributed by atoms with E-state index in [-0.39, 0.29) is 5.41 Å². The van der Waals surface area contributed by atoms with E-state index in [1.54, 1.807) is 21.3 Å². The largest absolute Gasteiger partial charge is 0.493 e. The zero-order valence-electron chi connectivity index (χ0n) is 17.1. The molecule has 0 radical (unpaired) electrons. The first kappa shape index (κ1) is 21.3. The molecule has 156 valence electrons. The Hall–Kier alpha value is -2.44. The average molecular weight is 418 g/mol. The fourth-order valence-electron chi connectivity index (χ4n) is 3.63. The lowest BCUT2D eigenvalue weighted by molar-refractivity contribution is 0.0514. The molecule has 1 aliphatic heterocycles. The number of ether oxygens (including phenoxy) is 3. The highest BCUT2D eigenvalue weighted by atomic mass is 35.5. The Labute approximate surface area is 177 Å². The number of nitrogens with zero attached hydrogens (tertiary/aromatic N) is 1. The monoisotopic (exact) mass is 417 g/mol. The van der Waals surface area contributed by atoms with Crippen LogP contribution in [0.25, 0.3) is 0 Å². The van der Waals surface area contributed by atoms with E-state index >= 15 is 0 Å². The predicted molar refractivity (Wildman–Crippen MR) is 118 cm³/mol. The lowest BCUT2D eigenvalue weighted by Gasteiger charge is -2.38. The van der Waals surface area contributed by atoms with Crippen molar-refractivity contribution in [3.05, 3.63) is 53.1 Å². The van der Waals surface area contributed by atoms with Crippen LogP contribution >= 0.6 is 11.6 Å². The maximum Gasteiger partial charge on any atom is 0.195 e. The van der Waals surface area contributed by atoms with Crippen molar-refractivity contribution in [3.63, 3.8) is 0 Å². The molecule has 6 nitrogen and oxygen atoms in total. The van der Waals surface area contributed by atoms with E-state index in [1.807, 2.05) is 30.3 Å². The van der Waals surface area contributed by atoms with E-state index in [0.717, 1.165) is 43.3 Å². The molecule has 1 aliphatic rings. The van der Waals surface area contributed by atoms with E-state index in [0.29, 0.717) is 17.5 Å². The summed E-state index contributed by atoms with van der Waals surface area (Å²) in [4.78, 5) is 4.37. The number of hydrogen-bond donors (Lipinski definition) is 2. The molecule has 1 fully saturated rings. The fraction of sp³-hybridized carbons (Fsp3) is 0.409. The molecule has 2 aromatic carbocycles. The van der Waals surface area contributed by atoms with E-state index in [1.165, 1.54) is 5.56 Å². The molecular formula is C22H28ClN3O3. The summed E-state index contributed by atoms with van der Waals surface area (Å²) >= 11 is 6.27. The minimum absolute atomic E-state index is 0.0572. The molecular weight excluding hydrogens is 390 g/mol. The molecule has 2 N–H and O–H groups in total. The summed E-state index contributed by atoms with van der Waals surface area (Å²) in [5, 5.41) is 7.55. The molecule has 0 unspecified atom stereocenters. The van der Waals surface area contributed by atoms with E-state index < -0.39 is 0 Å². The number of nitrogens with one attached hydrogen (secondary N) is 2. The molecule has 0 atom stereocenters. The average Bonchev–Trinajstić information content (AvgIpc) is 2.77. The summed E-state index contributed by atoms with van der Waals surface area (Å²) in [5.74, 6) is 2.03. The molecule has 29 heavy (non-hydrogen) atoms. The summed E-state index contributed by atoms with van der Waals surface area (Å²) in [6.45, 7) is 2.19. The van der Waals surface area contributed by atoms with Gasteiger partial charge in [-0.25, -0.2) is 0 Å². The van der Waals surface area contributed by atoms with Crippen LogP contribution in [0.3, 0.4) is 0 Å². The van der Waals surface area contributed by atoms with Crippen molar-refractivity contribution < 1.29 is 14.2 Å². The van der Waals surface area contributed by atoms with Crippen molar-refractivity contribution in [1.29, 1.82) is 0 Å². The molecule has 0 aliphatic carbocycles. The fourth-order valence-corrected chi connectivity index (χ4v) is 3.82. The standard InChI is InChI=1S/C22H28ClN3O3/c1-24-21(26-18-7-8-19(27-2)20(14-18)28-3)25-15-22(9-11-29-12-10-22)16-5-4-6-17(23)13-16/h4-8,13-14H,9-12,15H2,1-3H3,(H2,24,25,26). The highest BCUT2D eigenvalue weighted by molar-refractivity contribution is 6.30. The summed E-state index contributed by atoms with van der Waals surface area (Å²) in [5.41, 5.74) is 2.03. The van der Waals surface area contributed by atoms with Gasteiger partial charge in [-0.1, -0.05) is 23.7 Å². The minimum Gasteiger partial charge on any atom is -0.493 e. The molecule has 1 heterocycles. The first-order valence-corrected chi connectivity index (χ1v) is 10.0. The lowest BCUT2D eigenvalue weighted by atomic mass is 9.74. The van der Waals surface area contributed by atoms with Gasteiger partial charge in [0.2, 0.25) is 0 Å². The number of aliphatic imine (C=N–C) groups is 1. The summed E-state index contributed by atoms with van der Waals surface area (Å²) < 4.78 is 16.3. The molecule has 0 bridgehead atoms. The van der Waals surface area contributed by atoms with Crippen LogP contribution in [0.1, 0.15) is 18.4 Å². The third-order valence-electron chi connectivity index (χ3n) is 5.35. The normalized spacial score (nSPS) is 16.2. The molecule has 0 saturated carbocycles. The molecule has 2 aromatic rings. The first-order valence-electron chi connectivity index (χ1n) is 9.64. The predicted octanol–water partition coefficient (Wildman–Crippen LogP) is 4.09. The zero-order valence-corrected chi connectivity index (χ0v) is 17.9. The van der Waals surface area contributed by atoms with Crippen LogP contribution in [0.4, 0.5) is 5.69 Å². The van der Waals surface area contributed by atoms with Gasteiger partial charge in [-0.3, -0.25) is 4.99 Å². The van der Waals surface area contributed by atoms with Gasteiger partial charge in [-0.15, -0.1) is 0 Å². The van der Waals surface area contributed by atoms with E-state index in [2.05, 4.69) is 27.8 Å². The van der Waals surface area contributed by atoms with Gasteiger partial charge in [0.1, 0.15) is 0 Å². The van der Waals surface area contributed by atoms with Gasteiger partial charge < -0.3 is 24.8 Å². The van der Waals surface area contributed by atoms with Gasteiger partial charge in [0.15, 0.2) is 17.5 Å². The Bertz CT molecular complexity index is 851. The topological polar surface area (TPSA) is 64.1 Å². The molecule has 0 spiro atoms. The highest BCUT2D eigenvalue weighted by Gasteiger charge is 2.34. The van der Waals surface area contributed by atoms with Gasteiger partial charge in [0.25, 0.3) is 0 Å². The highest BCUT2D eigenvalue weighted by Crippen LogP contribution is 2.35. The van der Waals surface area contributed by atoms with Crippen molar-refractivity contribution in [2.24, 2.45) is 4.99 Å². The van der Waals surface area contributed by atoms with Crippen LogP contribution < -0.4 is 20.1 Å². The smallest absolute Gasteiger partial charge is 0.195 e. The first-order chi connectivity index (χ1) is 14.1. The van der Waals surface area contributed by atoms with Crippen molar-refractivity contribution in [2.45, 2.75) is 18.3 Å². The van der Waals surface area contributed by atoms with Crippen molar-refractivity contribution in [2.75, 3.05) is 46.3 Å². The SMILES string of the molecule is CN=C(NCC1(c2cccc(Cl)c2)CCOCC1)Nc1ccc(OC)c(OC)c1. The van der Waals surface area contributed by atoms with Gasteiger partial charge in [0.05, 0.1) is 14.2 Å². The van der Waals surface area contributed by atoms with Crippen molar-refractivity contribution in [3.8, 4) is 11.5 Å². The van der Waals surface area contributed by atoms with E-state index in [4.69, 9.17) is 25.8 Å². The maximum absolute atomic E-state index is 6.27. The zero-order chi connectivity index (χ0) is 20.7. The molecule has 7 heteroatoms. The van der Waals surface area contributed by atoms with Crippen LogP contribution in [0.5, 0.6) is 11.5 Å². The summed E-state index contributed by atoms with van der Waals surface area (Å²) in [7, 11) is 5.00. The Morgan fingerprint density at radius 3 is 2.52 bits per heavy atom. The van der Waals surface area contributed by atoms with Crippen LogP contribution in [0.15, 0.2) is 47.5 Å². The molecule has 0 amide bonds. The second-order valence-corrected chi connectivity index (χ2v) is 7.46. The van der Waals surface area contributed by atoms with Gasteiger partial charge in [0, 0.05) is 49.0 Å². The number of methoxy groups -OCH3 is 2. The summed E-state index contributed by atoms with van der Waals surface area (Å²) in [6.07, 6.45) is 1.85. The van der Waals surface area contributed by atoms with Crippen LogP contribution in [-0.4, -0.2) is 47.0 Å². The molecule has 0 aromatic heterocycles. The molecule has 1 saturated heterocycles. The summed E-state index contributed by atoms with van der Waals surface area (Å²) in [6, 6.07) is 13.8. The number of halogens is 1. The van der Waals surface area contributed by atoms with Crippen LogP contribution in [-0.2, 0) is 10.2 Å². The molecule has 3 rings (SSSR count). The second-order valence-electron chi connectivity index (χ2n) is 7.02. The van der Waals surface area contributed by atoms with E-state index in [9.17, 15) is 0 Å². The number of guanidine groups is 1. The van der Waals surface area contributed by atoms with Gasteiger partial charge >= 0.3 is 0 Å². The lowest BCUT2D eigenvalue weighted by Crippen LogP contribution is -2.46. The number of benzene rings is 2. The Balaban J connectivity index is 1.74. The third kappa shape index (κ3) is 5.14. The number of rotatable bonds is 6. The van der Waals surface area contributed by atoms with Crippen LogP contribution in [0.2, 0.25) is 5.02 Å². The van der Waals surface area contributed by atoms with Gasteiger partial charge in [-0.2, -0.15) is 0 Å². The van der Waals surface area contributed by atoms with Crippen molar-refractivity contribution in [1.82, 2.24) is 5.32 Å². The third-order valence-corrected chi connectivity index (χ3v) is 5.59. The van der Waals surface area contributed by atoms with Crippen molar-refractivity contribution >= 4 is 23.2 Å². The number of anilines is 1. The Morgan fingerprint density at radius 1 is 1.10 bits per heavy atom. The minimum atomic E-state index is -0.0572. The Kier molecular flexibility index (Phi) is 7.23. The van der Waals surface area contributed by atoms with Gasteiger partial charge in [-0.05, 0) is 42.7 Å². The van der Waals surface area contributed by atoms with Crippen LogP contribution in [0, 0.1) is 0 Å². The quantitative estimate of drug-likeness (QED) is 0.547. The Morgan fingerprint density at radius 2 is 1.86 bits per heavy atom. The second kappa shape index (κ2) is 9.85. The maximum atomic E-state index is 6.27.